The zero-order chi connectivity index (χ0) is 10.7. The van der Waals surface area contributed by atoms with Crippen LogP contribution in [0, 0.1) is 22.9 Å². The van der Waals surface area contributed by atoms with Gasteiger partial charge in [0.15, 0.2) is 0 Å². The van der Waals surface area contributed by atoms with Crippen LogP contribution in [0.15, 0.2) is 17.2 Å². The highest BCUT2D eigenvalue weighted by Gasteiger charge is 2.15. The average Bonchev–Trinajstić information content (AvgIpc) is 2.10. The average molecular weight is 196 g/mol. The van der Waals surface area contributed by atoms with Crippen LogP contribution in [0.4, 0.5) is 15.8 Å². The predicted octanol–water partition coefficient (Wildman–Crippen LogP) is 2.98. The number of nitrogens with zero attached hydrogens (tertiary/aromatic N) is 4. The summed E-state index contributed by atoms with van der Waals surface area (Å²) in [4.78, 5) is 11.9. The van der Waals surface area contributed by atoms with Gasteiger partial charge in [0.2, 0.25) is 5.82 Å². The normalized spacial score (nSPS) is 9.29. The lowest BCUT2D eigenvalue weighted by Gasteiger charge is -1.99. The number of benzene rings is 1. The topological polar surface area (TPSA) is 91.9 Å². The quantitative estimate of drug-likeness (QED) is 0.239. The molecule has 0 aliphatic rings. The molecule has 0 saturated heterocycles. The number of nitro benzene ring substituents is 1. The zero-order valence-electron chi connectivity index (χ0n) is 7.14. The summed E-state index contributed by atoms with van der Waals surface area (Å²) in [6.07, 6.45) is 0. The Bertz CT molecular complexity index is 412. The molecule has 0 N–H and O–H groups in total. The maximum atomic E-state index is 13.0. The van der Waals surface area contributed by atoms with Gasteiger partial charge in [0.05, 0.1) is 4.92 Å². The van der Waals surface area contributed by atoms with E-state index in [-0.39, 0.29) is 5.69 Å². The van der Waals surface area contributed by atoms with Gasteiger partial charge in [-0.3, -0.25) is 10.1 Å². The second kappa shape index (κ2) is 3.71. The molecule has 0 atom stereocenters. The van der Waals surface area contributed by atoms with Crippen LogP contribution in [0.1, 0.15) is 5.56 Å². The highest BCUT2D eigenvalue weighted by atomic mass is 19.1. The third-order valence-electron chi connectivity index (χ3n) is 1.61. The van der Waals surface area contributed by atoms with Gasteiger partial charge in [-0.15, -0.1) is 0 Å². The van der Waals surface area contributed by atoms with Gasteiger partial charge in [0.25, 0.3) is 0 Å². The van der Waals surface area contributed by atoms with E-state index < -0.39 is 16.4 Å². The first-order valence-electron chi connectivity index (χ1n) is 3.56. The molecule has 1 aromatic carbocycles. The fourth-order valence-electron chi connectivity index (χ4n) is 0.952. The third-order valence-corrected chi connectivity index (χ3v) is 1.61. The minimum Gasteiger partial charge on any atom is -0.258 e. The van der Waals surface area contributed by atoms with E-state index in [1.54, 1.807) is 0 Å². The maximum Gasteiger partial charge on any atom is 0.305 e. The van der Waals surface area contributed by atoms with Crippen molar-refractivity contribution in [1.82, 2.24) is 0 Å². The number of azide groups is 1. The summed E-state index contributed by atoms with van der Waals surface area (Å²) in [7, 11) is 0. The molecule has 1 rings (SSSR count). The molecule has 0 unspecified atom stereocenters. The second-order valence-electron chi connectivity index (χ2n) is 2.54. The van der Waals surface area contributed by atoms with E-state index >= 15 is 0 Å². The van der Waals surface area contributed by atoms with E-state index in [9.17, 15) is 14.5 Å². The molecule has 0 aliphatic carbocycles. The molecule has 0 aromatic heterocycles. The number of nitro groups is 1. The van der Waals surface area contributed by atoms with Crippen molar-refractivity contribution in [3.63, 3.8) is 0 Å². The molecule has 0 saturated carbocycles. The van der Waals surface area contributed by atoms with Crippen LogP contribution < -0.4 is 0 Å². The first-order valence-corrected chi connectivity index (χ1v) is 3.56. The van der Waals surface area contributed by atoms with Crippen molar-refractivity contribution in [2.45, 2.75) is 6.92 Å². The van der Waals surface area contributed by atoms with Crippen LogP contribution in [0.3, 0.4) is 0 Å². The molecule has 0 spiro atoms. The minimum atomic E-state index is -1.01. The van der Waals surface area contributed by atoms with Crippen LogP contribution in [-0.4, -0.2) is 4.92 Å². The smallest absolute Gasteiger partial charge is 0.258 e. The maximum absolute atomic E-state index is 13.0. The van der Waals surface area contributed by atoms with E-state index in [0.717, 1.165) is 12.1 Å². The summed E-state index contributed by atoms with van der Waals surface area (Å²) in [5, 5.41) is 13.5. The molecule has 72 valence electrons. The number of hydrogen-bond donors (Lipinski definition) is 0. The van der Waals surface area contributed by atoms with E-state index in [0.29, 0.717) is 5.56 Å². The Hall–Kier alpha value is -2.14. The predicted molar refractivity (Wildman–Crippen MR) is 46.6 cm³/mol. The summed E-state index contributed by atoms with van der Waals surface area (Å²) >= 11 is 0. The Morgan fingerprint density at radius 1 is 1.64 bits per heavy atom. The highest BCUT2D eigenvalue weighted by Crippen LogP contribution is 2.27. The fourth-order valence-corrected chi connectivity index (χ4v) is 0.952. The molecule has 0 heterocycles. The van der Waals surface area contributed by atoms with E-state index in [4.69, 9.17) is 5.53 Å². The van der Waals surface area contributed by atoms with Gasteiger partial charge in [-0.25, -0.2) is 0 Å². The molecular formula is C7H5FN4O2. The van der Waals surface area contributed by atoms with Crippen LogP contribution in [0.5, 0.6) is 0 Å². The lowest BCUT2D eigenvalue weighted by Crippen LogP contribution is -1.93. The Morgan fingerprint density at radius 3 is 2.79 bits per heavy atom. The molecule has 1 aromatic rings. The molecule has 0 aliphatic heterocycles. The van der Waals surface area contributed by atoms with Gasteiger partial charge in [-0.1, -0.05) is 5.11 Å². The number of rotatable bonds is 2. The summed E-state index contributed by atoms with van der Waals surface area (Å²) < 4.78 is 13.0. The van der Waals surface area contributed by atoms with Gasteiger partial charge in [0.1, 0.15) is 0 Å². The van der Waals surface area contributed by atoms with Crippen LogP contribution in [-0.2, 0) is 0 Å². The Morgan fingerprint density at radius 2 is 2.29 bits per heavy atom. The molecule has 0 amide bonds. The van der Waals surface area contributed by atoms with Crippen LogP contribution in [0.25, 0.3) is 10.4 Å². The first kappa shape index (κ1) is 9.94. The van der Waals surface area contributed by atoms with Crippen molar-refractivity contribution in [2.75, 3.05) is 0 Å². The SMILES string of the molecule is Cc1cc([N+](=O)[O-])c(F)cc1N=[N+]=[N-]. The van der Waals surface area contributed by atoms with E-state index in [1.165, 1.54) is 6.92 Å². The van der Waals surface area contributed by atoms with Crippen molar-refractivity contribution in [3.05, 3.63) is 44.1 Å². The lowest BCUT2D eigenvalue weighted by atomic mass is 10.2. The van der Waals surface area contributed by atoms with Crippen molar-refractivity contribution in [2.24, 2.45) is 5.11 Å². The first-order chi connectivity index (χ1) is 6.56. The lowest BCUT2D eigenvalue weighted by molar-refractivity contribution is -0.387. The van der Waals surface area contributed by atoms with E-state index in [2.05, 4.69) is 10.0 Å². The standard InChI is InChI=1S/C7H5FN4O2/c1-4-2-7(12(13)14)5(8)3-6(4)10-11-9/h2-3H,1H3. The monoisotopic (exact) mass is 196 g/mol. The Kier molecular flexibility index (Phi) is 2.64. The van der Waals surface area contributed by atoms with Gasteiger partial charge in [-0.05, 0) is 24.1 Å². The third kappa shape index (κ3) is 1.78. The Labute approximate surface area is 77.7 Å². The van der Waals surface area contributed by atoms with Crippen molar-refractivity contribution in [1.29, 1.82) is 0 Å². The van der Waals surface area contributed by atoms with Crippen LogP contribution >= 0.6 is 0 Å². The number of aryl methyl sites for hydroxylation is 1. The minimum absolute atomic E-state index is 0.0515. The van der Waals surface area contributed by atoms with Crippen molar-refractivity contribution < 1.29 is 9.31 Å². The fraction of sp³-hybridized carbons (Fsp3) is 0.143. The van der Waals surface area contributed by atoms with E-state index in [1.807, 2.05) is 0 Å². The molecule has 14 heavy (non-hydrogen) atoms. The Balaban J connectivity index is 3.37. The van der Waals surface area contributed by atoms with Crippen molar-refractivity contribution >= 4 is 11.4 Å². The number of hydrogen-bond acceptors (Lipinski definition) is 3. The molecule has 0 radical (unpaired) electrons. The second-order valence-corrected chi connectivity index (χ2v) is 2.54. The van der Waals surface area contributed by atoms with Crippen LogP contribution in [0.2, 0.25) is 0 Å². The van der Waals surface area contributed by atoms with Gasteiger partial charge < -0.3 is 0 Å². The van der Waals surface area contributed by atoms with Gasteiger partial charge >= 0.3 is 5.69 Å². The summed E-state index contributed by atoms with van der Waals surface area (Å²) in [5.74, 6) is -1.01. The molecular weight excluding hydrogens is 191 g/mol. The van der Waals surface area contributed by atoms with Gasteiger partial charge in [-0.2, -0.15) is 4.39 Å². The largest absolute Gasteiger partial charge is 0.305 e. The number of halogens is 1. The molecule has 0 fully saturated rings. The molecule has 7 heteroatoms. The van der Waals surface area contributed by atoms with Crippen molar-refractivity contribution in [3.8, 4) is 0 Å². The zero-order valence-corrected chi connectivity index (χ0v) is 7.14. The summed E-state index contributed by atoms with van der Waals surface area (Å²) in [5.41, 5.74) is 7.90. The van der Waals surface area contributed by atoms with Gasteiger partial charge in [0, 0.05) is 16.7 Å². The highest BCUT2D eigenvalue weighted by molar-refractivity contribution is 5.52. The molecule has 0 bridgehead atoms. The summed E-state index contributed by atoms with van der Waals surface area (Å²) in [6.45, 7) is 1.50. The summed E-state index contributed by atoms with van der Waals surface area (Å²) in [6, 6.07) is 1.87. The molecule has 6 nitrogen and oxygen atoms in total.